The van der Waals surface area contributed by atoms with E-state index < -0.39 is 0 Å². The summed E-state index contributed by atoms with van der Waals surface area (Å²) in [7, 11) is 0. The molecule has 2 fully saturated rings. The SMILES string of the molecule is CCc1ccc(NC(=O)C2CC(=O)N(CC3CCCO3)C2)cc1. The number of benzene rings is 1. The molecule has 2 heterocycles. The van der Waals surface area contributed by atoms with E-state index >= 15 is 0 Å². The van der Waals surface area contributed by atoms with Gasteiger partial charge in [-0.15, -0.1) is 0 Å². The van der Waals surface area contributed by atoms with Crippen molar-refractivity contribution < 1.29 is 14.3 Å². The van der Waals surface area contributed by atoms with Crippen molar-refractivity contribution in [1.82, 2.24) is 4.90 Å². The maximum atomic E-state index is 12.4. The van der Waals surface area contributed by atoms with Gasteiger partial charge in [-0.3, -0.25) is 9.59 Å². The zero-order valence-electron chi connectivity index (χ0n) is 13.6. The highest BCUT2D eigenvalue weighted by Crippen LogP contribution is 2.23. The highest BCUT2D eigenvalue weighted by atomic mass is 16.5. The third-order valence-electron chi connectivity index (χ3n) is 4.66. The lowest BCUT2D eigenvalue weighted by Crippen LogP contribution is -2.34. The van der Waals surface area contributed by atoms with Crippen LogP contribution in [0.25, 0.3) is 0 Å². The highest BCUT2D eigenvalue weighted by Gasteiger charge is 2.35. The van der Waals surface area contributed by atoms with E-state index in [1.807, 2.05) is 24.3 Å². The molecule has 0 spiro atoms. The van der Waals surface area contributed by atoms with Crippen molar-refractivity contribution in [2.45, 2.75) is 38.7 Å². The Labute approximate surface area is 137 Å². The van der Waals surface area contributed by atoms with Crippen LogP contribution in [0.5, 0.6) is 0 Å². The zero-order valence-corrected chi connectivity index (χ0v) is 13.6. The van der Waals surface area contributed by atoms with Crippen molar-refractivity contribution in [3.63, 3.8) is 0 Å². The average molecular weight is 316 g/mol. The molecule has 2 atom stereocenters. The minimum atomic E-state index is -0.269. The molecule has 124 valence electrons. The van der Waals surface area contributed by atoms with Crippen LogP contribution in [0, 0.1) is 5.92 Å². The first-order chi connectivity index (χ1) is 11.2. The second kappa shape index (κ2) is 7.13. The van der Waals surface area contributed by atoms with Crippen LogP contribution in [0.3, 0.4) is 0 Å². The van der Waals surface area contributed by atoms with Crippen molar-refractivity contribution in [3.05, 3.63) is 29.8 Å². The maximum absolute atomic E-state index is 12.4. The molecule has 1 N–H and O–H groups in total. The number of carbonyl (C=O) groups is 2. The molecule has 3 rings (SSSR count). The third kappa shape index (κ3) is 3.91. The molecular formula is C18H24N2O3. The summed E-state index contributed by atoms with van der Waals surface area (Å²) in [6.07, 6.45) is 3.48. The number of aryl methyl sites for hydroxylation is 1. The Morgan fingerprint density at radius 2 is 2.13 bits per heavy atom. The molecule has 1 aromatic rings. The molecule has 2 unspecified atom stereocenters. The van der Waals surface area contributed by atoms with Crippen LogP contribution in [0.15, 0.2) is 24.3 Å². The van der Waals surface area contributed by atoms with Gasteiger partial charge in [-0.25, -0.2) is 0 Å². The van der Waals surface area contributed by atoms with E-state index in [9.17, 15) is 9.59 Å². The largest absolute Gasteiger partial charge is 0.376 e. The van der Waals surface area contributed by atoms with Crippen molar-refractivity contribution in [1.29, 1.82) is 0 Å². The van der Waals surface area contributed by atoms with Gasteiger partial charge in [0.15, 0.2) is 0 Å². The summed E-state index contributed by atoms with van der Waals surface area (Å²) in [4.78, 5) is 26.3. The monoisotopic (exact) mass is 316 g/mol. The Morgan fingerprint density at radius 3 is 2.78 bits per heavy atom. The number of amides is 2. The molecule has 2 saturated heterocycles. The zero-order chi connectivity index (χ0) is 16.2. The first-order valence-corrected chi connectivity index (χ1v) is 8.45. The van der Waals surface area contributed by atoms with Crippen LogP contribution >= 0.6 is 0 Å². The molecule has 5 heteroatoms. The van der Waals surface area contributed by atoms with E-state index in [1.54, 1.807) is 4.90 Å². The van der Waals surface area contributed by atoms with Crippen LogP contribution in [0.2, 0.25) is 0 Å². The van der Waals surface area contributed by atoms with Crippen LogP contribution < -0.4 is 5.32 Å². The summed E-state index contributed by atoms with van der Waals surface area (Å²) in [6.45, 7) is 4.00. The molecule has 2 aliphatic heterocycles. The fourth-order valence-electron chi connectivity index (χ4n) is 3.23. The maximum Gasteiger partial charge on any atom is 0.229 e. The molecule has 0 bridgehead atoms. The van der Waals surface area contributed by atoms with Crippen molar-refractivity contribution in [2.24, 2.45) is 5.92 Å². The van der Waals surface area contributed by atoms with Crippen LogP contribution in [0.4, 0.5) is 5.69 Å². The lowest BCUT2D eigenvalue weighted by atomic mass is 10.1. The smallest absolute Gasteiger partial charge is 0.229 e. The summed E-state index contributed by atoms with van der Waals surface area (Å²) >= 11 is 0. The first-order valence-electron chi connectivity index (χ1n) is 8.45. The van der Waals surface area contributed by atoms with Gasteiger partial charge in [-0.05, 0) is 37.0 Å². The lowest BCUT2D eigenvalue weighted by molar-refractivity contribution is -0.129. The minimum Gasteiger partial charge on any atom is -0.376 e. The number of nitrogens with one attached hydrogen (secondary N) is 1. The Bertz CT molecular complexity index is 564. The fourth-order valence-corrected chi connectivity index (χ4v) is 3.23. The highest BCUT2D eigenvalue weighted by molar-refractivity contribution is 5.97. The lowest BCUT2D eigenvalue weighted by Gasteiger charge is -2.20. The number of carbonyl (C=O) groups excluding carboxylic acids is 2. The summed E-state index contributed by atoms with van der Waals surface area (Å²) in [5.41, 5.74) is 2.03. The van der Waals surface area contributed by atoms with Gasteiger partial charge in [0.2, 0.25) is 11.8 Å². The Balaban J connectivity index is 1.54. The molecule has 0 radical (unpaired) electrons. The average Bonchev–Trinajstić information content (AvgIpc) is 3.19. The van der Waals surface area contributed by atoms with Crippen molar-refractivity contribution in [2.75, 3.05) is 25.0 Å². The second-order valence-corrected chi connectivity index (χ2v) is 6.37. The van der Waals surface area contributed by atoms with E-state index in [0.29, 0.717) is 19.5 Å². The van der Waals surface area contributed by atoms with Gasteiger partial charge in [0.1, 0.15) is 0 Å². The molecule has 1 aromatic carbocycles. The van der Waals surface area contributed by atoms with E-state index in [4.69, 9.17) is 4.74 Å². The van der Waals surface area contributed by atoms with Gasteiger partial charge in [0.05, 0.1) is 12.0 Å². The molecule has 2 aliphatic rings. The van der Waals surface area contributed by atoms with E-state index in [0.717, 1.165) is 31.6 Å². The summed E-state index contributed by atoms with van der Waals surface area (Å²) < 4.78 is 5.58. The van der Waals surface area contributed by atoms with Gasteiger partial charge in [0.25, 0.3) is 0 Å². The molecule has 2 amide bonds. The minimum absolute atomic E-state index is 0.0574. The van der Waals surface area contributed by atoms with E-state index in [2.05, 4.69) is 12.2 Å². The topological polar surface area (TPSA) is 58.6 Å². The quantitative estimate of drug-likeness (QED) is 0.906. The van der Waals surface area contributed by atoms with Crippen LogP contribution in [0.1, 0.15) is 31.7 Å². The summed E-state index contributed by atoms with van der Waals surface area (Å²) in [5, 5.41) is 2.92. The molecule has 0 aromatic heterocycles. The second-order valence-electron chi connectivity index (χ2n) is 6.37. The molecule has 23 heavy (non-hydrogen) atoms. The predicted octanol–water partition coefficient (Wildman–Crippen LogP) is 2.21. The standard InChI is InChI=1S/C18H24N2O3/c1-2-13-5-7-15(8-6-13)19-18(22)14-10-17(21)20(11-14)12-16-4-3-9-23-16/h5-8,14,16H,2-4,9-12H2,1H3,(H,19,22). The van der Waals surface area contributed by atoms with Crippen LogP contribution in [-0.4, -0.2) is 42.5 Å². The first kappa shape index (κ1) is 16.0. The Morgan fingerprint density at radius 1 is 1.35 bits per heavy atom. The van der Waals surface area contributed by atoms with Crippen molar-refractivity contribution >= 4 is 17.5 Å². The van der Waals surface area contributed by atoms with E-state index in [-0.39, 0.29) is 23.8 Å². The number of hydrogen-bond donors (Lipinski definition) is 1. The van der Waals surface area contributed by atoms with E-state index in [1.165, 1.54) is 5.56 Å². The number of nitrogens with zero attached hydrogens (tertiary/aromatic N) is 1. The number of rotatable bonds is 5. The fraction of sp³-hybridized carbons (Fsp3) is 0.556. The van der Waals surface area contributed by atoms with Gasteiger partial charge in [0, 0.05) is 31.8 Å². The summed E-state index contributed by atoms with van der Waals surface area (Å²) in [5.74, 6) is -0.283. The molecular weight excluding hydrogens is 292 g/mol. The Kier molecular flexibility index (Phi) is 4.96. The predicted molar refractivity (Wildman–Crippen MR) is 88.1 cm³/mol. The normalized spacial score (nSPS) is 24.2. The number of ether oxygens (including phenoxy) is 1. The summed E-state index contributed by atoms with van der Waals surface area (Å²) in [6, 6.07) is 7.85. The van der Waals surface area contributed by atoms with Crippen molar-refractivity contribution in [3.8, 4) is 0 Å². The number of likely N-dealkylation sites (tertiary alicyclic amines) is 1. The number of anilines is 1. The number of hydrogen-bond acceptors (Lipinski definition) is 3. The van der Waals surface area contributed by atoms with Gasteiger partial charge < -0.3 is 15.0 Å². The van der Waals surface area contributed by atoms with Crippen LogP contribution in [-0.2, 0) is 20.7 Å². The third-order valence-corrected chi connectivity index (χ3v) is 4.66. The molecule has 5 nitrogen and oxygen atoms in total. The Hall–Kier alpha value is -1.88. The molecule has 0 saturated carbocycles. The molecule has 0 aliphatic carbocycles. The van der Waals surface area contributed by atoms with Gasteiger partial charge >= 0.3 is 0 Å². The van der Waals surface area contributed by atoms with Gasteiger partial charge in [-0.1, -0.05) is 19.1 Å². The van der Waals surface area contributed by atoms with Gasteiger partial charge in [-0.2, -0.15) is 0 Å².